The Hall–Kier alpha value is -1.82. The molecule has 0 radical (unpaired) electrons. The molecular formula is C14H21N5O. The number of nitrogens with zero attached hydrogens (tertiary/aromatic N) is 4. The first kappa shape index (κ1) is 13.2. The van der Waals surface area contributed by atoms with Crippen molar-refractivity contribution in [3.8, 4) is 0 Å². The molecule has 3 rings (SSSR count). The fraction of sp³-hybridized carbons (Fsp3) is 0.571. The molecule has 20 heavy (non-hydrogen) atoms. The van der Waals surface area contributed by atoms with Gasteiger partial charge < -0.3 is 15.8 Å². The number of nitrogen functional groups attached to an aromatic ring is 1. The number of hydrogen-bond donors (Lipinski definition) is 2. The summed E-state index contributed by atoms with van der Waals surface area (Å²) in [5, 5.41) is 12.0. The minimum absolute atomic E-state index is 0.266. The molecule has 6 nitrogen and oxygen atoms in total. The van der Waals surface area contributed by atoms with Crippen molar-refractivity contribution in [1.82, 2.24) is 9.88 Å². The largest absolute Gasteiger partial charge is 0.411 e. The monoisotopic (exact) mass is 275 g/mol. The Balaban J connectivity index is 1.74. The second-order valence-electron chi connectivity index (χ2n) is 5.52. The summed E-state index contributed by atoms with van der Waals surface area (Å²) < 4.78 is 0. The lowest BCUT2D eigenvalue weighted by atomic mass is 9.94. The number of oxime groups is 1. The minimum Gasteiger partial charge on any atom is -0.411 e. The highest BCUT2D eigenvalue weighted by atomic mass is 16.4. The highest BCUT2D eigenvalue weighted by molar-refractivity contribution is 5.65. The molecule has 3 heterocycles. The first-order chi connectivity index (χ1) is 9.79. The summed E-state index contributed by atoms with van der Waals surface area (Å²) in [5.74, 6) is 0.894. The van der Waals surface area contributed by atoms with Gasteiger partial charge in [0, 0.05) is 37.9 Å². The van der Waals surface area contributed by atoms with E-state index in [1.165, 1.54) is 12.8 Å². The maximum Gasteiger partial charge on any atom is 0.151 e. The first-order valence-electron chi connectivity index (χ1n) is 7.18. The van der Waals surface area contributed by atoms with E-state index >= 15 is 0 Å². The van der Waals surface area contributed by atoms with E-state index in [1.54, 1.807) is 12.4 Å². The maximum absolute atomic E-state index is 8.78. The van der Waals surface area contributed by atoms with Crippen LogP contribution in [0.5, 0.6) is 0 Å². The molecule has 6 heteroatoms. The van der Waals surface area contributed by atoms with E-state index in [-0.39, 0.29) is 6.04 Å². The van der Waals surface area contributed by atoms with Gasteiger partial charge in [0.15, 0.2) is 5.82 Å². The average Bonchev–Trinajstić information content (AvgIpc) is 2.48. The van der Waals surface area contributed by atoms with Crippen molar-refractivity contribution in [3.63, 3.8) is 0 Å². The molecule has 0 saturated carbocycles. The molecule has 0 amide bonds. The third kappa shape index (κ3) is 2.43. The van der Waals surface area contributed by atoms with Crippen LogP contribution in [0.25, 0.3) is 0 Å². The number of hydrogen-bond acceptors (Lipinski definition) is 6. The molecule has 2 aliphatic rings. The Morgan fingerprint density at radius 3 is 3.10 bits per heavy atom. The van der Waals surface area contributed by atoms with E-state index in [0.29, 0.717) is 6.04 Å². The first-order valence-corrected chi connectivity index (χ1v) is 7.18. The second kappa shape index (κ2) is 5.66. The molecule has 0 aliphatic carbocycles. The standard InChI is InChI=1S/C14H21N5O/c15-13-5-2-6-16-14(13)18-7-8-19-11(9-17-20)3-1-4-12(19)10-18/h2,5-6,9,11-12,20H,1,3-4,7-8,10,15H2/b17-9+/t11-,12+/m1/s1. The molecule has 0 unspecified atom stereocenters. The predicted molar refractivity (Wildman–Crippen MR) is 79.3 cm³/mol. The van der Waals surface area contributed by atoms with E-state index in [4.69, 9.17) is 10.9 Å². The summed E-state index contributed by atoms with van der Waals surface area (Å²) >= 11 is 0. The van der Waals surface area contributed by atoms with Gasteiger partial charge in [-0.15, -0.1) is 5.16 Å². The minimum atomic E-state index is 0.266. The number of aromatic nitrogens is 1. The third-order valence-corrected chi connectivity index (χ3v) is 4.35. The van der Waals surface area contributed by atoms with Crippen LogP contribution in [0.1, 0.15) is 19.3 Å². The van der Waals surface area contributed by atoms with Crippen molar-refractivity contribution in [2.45, 2.75) is 31.3 Å². The van der Waals surface area contributed by atoms with Crippen molar-refractivity contribution >= 4 is 17.7 Å². The van der Waals surface area contributed by atoms with Crippen LogP contribution in [0.15, 0.2) is 23.5 Å². The fourth-order valence-electron chi connectivity index (χ4n) is 3.39. The number of fused-ring (bicyclic) bond motifs is 1. The van der Waals surface area contributed by atoms with Gasteiger partial charge >= 0.3 is 0 Å². The topological polar surface area (TPSA) is 78.0 Å². The van der Waals surface area contributed by atoms with E-state index in [1.807, 2.05) is 12.1 Å². The second-order valence-corrected chi connectivity index (χ2v) is 5.52. The van der Waals surface area contributed by atoms with Gasteiger partial charge in [0.2, 0.25) is 0 Å². The average molecular weight is 275 g/mol. The normalized spacial score (nSPS) is 27.7. The zero-order valence-electron chi connectivity index (χ0n) is 11.5. The SMILES string of the molecule is Nc1cccnc1N1CCN2[C@@H](CCC[C@@H]2/C=N/O)C1. The van der Waals surface area contributed by atoms with E-state index in [0.717, 1.165) is 37.6 Å². The third-order valence-electron chi connectivity index (χ3n) is 4.35. The van der Waals surface area contributed by atoms with Crippen molar-refractivity contribution in [2.75, 3.05) is 30.3 Å². The van der Waals surface area contributed by atoms with Crippen LogP contribution in [-0.2, 0) is 0 Å². The molecule has 1 aromatic heterocycles. The summed E-state index contributed by atoms with van der Waals surface area (Å²) in [6.45, 7) is 2.81. The van der Waals surface area contributed by atoms with Crippen LogP contribution in [0.4, 0.5) is 11.5 Å². The van der Waals surface area contributed by atoms with Gasteiger partial charge in [-0.05, 0) is 31.4 Å². The Bertz CT molecular complexity index is 492. The molecule has 0 spiro atoms. The lowest BCUT2D eigenvalue weighted by Crippen LogP contribution is -2.59. The smallest absolute Gasteiger partial charge is 0.151 e. The zero-order chi connectivity index (χ0) is 13.9. The maximum atomic E-state index is 8.78. The lowest BCUT2D eigenvalue weighted by molar-refractivity contribution is 0.106. The van der Waals surface area contributed by atoms with E-state index in [2.05, 4.69) is 19.9 Å². The van der Waals surface area contributed by atoms with Crippen LogP contribution in [0.2, 0.25) is 0 Å². The number of piperidine rings is 1. The lowest BCUT2D eigenvalue weighted by Gasteiger charge is -2.47. The van der Waals surface area contributed by atoms with Gasteiger partial charge in [-0.3, -0.25) is 4.90 Å². The van der Waals surface area contributed by atoms with Gasteiger partial charge in [0.1, 0.15) is 0 Å². The van der Waals surface area contributed by atoms with Crippen LogP contribution in [0.3, 0.4) is 0 Å². The number of anilines is 2. The number of nitrogens with two attached hydrogens (primary N) is 1. The summed E-state index contributed by atoms with van der Waals surface area (Å²) in [4.78, 5) is 9.13. The van der Waals surface area contributed by atoms with Gasteiger partial charge in [0.05, 0.1) is 11.9 Å². The molecule has 108 valence electrons. The predicted octanol–water partition coefficient (Wildman–Crippen LogP) is 1.17. The quantitative estimate of drug-likeness (QED) is 0.481. The van der Waals surface area contributed by atoms with E-state index in [9.17, 15) is 0 Å². The van der Waals surface area contributed by atoms with Crippen LogP contribution in [-0.4, -0.2) is 53.0 Å². The van der Waals surface area contributed by atoms with Gasteiger partial charge in [-0.25, -0.2) is 4.98 Å². The van der Waals surface area contributed by atoms with Crippen LogP contribution in [0, 0.1) is 0 Å². The van der Waals surface area contributed by atoms with E-state index < -0.39 is 0 Å². The van der Waals surface area contributed by atoms with Crippen LogP contribution < -0.4 is 10.6 Å². The fourth-order valence-corrected chi connectivity index (χ4v) is 3.39. The van der Waals surface area contributed by atoms with Crippen molar-refractivity contribution in [3.05, 3.63) is 18.3 Å². The zero-order valence-corrected chi connectivity index (χ0v) is 11.5. The van der Waals surface area contributed by atoms with Crippen molar-refractivity contribution in [2.24, 2.45) is 5.16 Å². The van der Waals surface area contributed by atoms with Crippen molar-refractivity contribution < 1.29 is 5.21 Å². The molecule has 0 aromatic carbocycles. The molecule has 2 fully saturated rings. The Morgan fingerprint density at radius 1 is 1.40 bits per heavy atom. The van der Waals surface area contributed by atoms with Crippen LogP contribution >= 0.6 is 0 Å². The number of piperazine rings is 1. The van der Waals surface area contributed by atoms with Crippen molar-refractivity contribution in [1.29, 1.82) is 0 Å². The Morgan fingerprint density at radius 2 is 2.30 bits per heavy atom. The van der Waals surface area contributed by atoms with Gasteiger partial charge in [-0.2, -0.15) is 0 Å². The number of rotatable bonds is 2. The number of pyridine rings is 1. The summed E-state index contributed by atoms with van der Waals surface area (Å²) in [5.41, 5.74) is 6.76. The van der Waals surface area contributed by atoms with Gasteiger partial charge in [-0.1, -0.05) is 0 Å². The van der Waals surface area contributed by atoms with Gasteiger partial charge in [0.25, 0.3) is 0 Å². The highest BCUT2D eigenvalue weighted by Gasteiger charge is 2.34. The molecule has 2 saturated heterocycles. The molecule has 3 N–H and O–H groups in total. The summed E-state index contributed by atoms with van der Waals surface area (Å²) in [6.07, 6.45) is 6.88. The Kier molecular flexibility index (Phi) is 3.73. The molecule has 0 bridgehead atoms. The molecule has 1 aromatic rings. The Labute approximate surface area is 118 Å². The summed E-state index contributed by atoms with van der Waals surface area (Å²) in [6, 6.07) is 4.52. The molecule has 2 atom stereocenters. The summed E-state index contributed by atoms with van der Waals surface area (Å²) in [7, 11) is 0. The highest BCUT2D eigenvalue weighted by Crippen LogP contribution is 2.29. The molecular weight excluding hydrogens is 254 g/mol. The molecule has 2 aliphatic heterocycles.